The number of benzene rings is 1. The Kier molecular flexibility index (Phi) is 6.21. The molecule has 0 saturated carbocycles. The Balaban J connectivity index is 1.76. The molecule has 0 atom stereocenters. The van der Waals surface area contributed by atoms with Crippen LogP contribution in [-0.2, 0) is 17.0 Å². The first-order valence-corrected chi connectivity index (χ1v) is 8.88. The third kappa shape index (κ3) is 6.06. The molecule has 0 aliphatic heterocycles. The van der Waals surface area contributed by atoms with Crippen LogP contribution in [0, 0.1) is 0 Å². The number of aromatic nitrogens is 2. The summed E-state index contributed by atoms with van der Waals surface area (Å²) < 4.78 is 5.23. The summed E-state index contributed by atoms with van der Waals surface area (Å²) in [7, 11) is 0. The highest BCUT2D eigenvalue weighted by molar-refractivity contribution is 7.99. The van der Waals surface area contributed by atoms with Crippen LogP contribution in [0.5, 0.6) is 0 Å². The monoisotopic (exact) mass is 333 g/mol. The number of amides is 1. The molecule has 0 unspecified atom stereocenters. The maximum atomic E-state index is 11.9. The van der Waals surface area contributed by atoms with Crippen molar-refractivity contribution < 1.29 is 9.32 Å². The highest BCUT2D eigenvalue weighted by Gasteiger charge is 2.17. The number of carbonyl (C=O) groups excluding carboxylic acids is 1. The van der Waals surface area contributed by atoms with E-state index in [0.29, 0.717) is 29.6 Å². The molecule has 0 aliphatic carbocycles. The molecule has 0 fully saturated rings. The minimum Gasteiger partial charge on any atom is -0.351 e. The molecular formula is C17H23N3O2S. The van der Waals surface area contributed by atoms with Gasteiger partial charge in [0.2, 0.25) is 11.8 Å². The first-order valence-electron chi connectivity index (χ1n) is 7.72. The topological polar surface area (TPSA) is 68.0 Å². The molecular weight excluding hydrogens is 310 g/mol. The van der Waals surface area contributed by atoms with Gasteiger partial charge in [-0.15, -0.1) is 11.8 Å². The summed E-state index contributed by atoms with van der Waals surface area (Å²) in [6.45, 7) is 6.09. The fraction of sp³-hybridized carbons (Fsp3) is 0.471. The van der Waals surface area contributed by atoms with E-state index in [1.54, 1.807) is 0 Å². The number of rotatable bonds is 8. The fourth-order valence-corrected chi connectivity index (χ4v) is 2.58. The Morgan fingerprint density at radius 3 is 2.74 bits per heavy atom. The van der Waals surface area contributed by atoms with E-state index in [1.165, 1.54) is 11.8 Å². The number of nitrogens with one attached hydrogen (secondary N) is 1. The van der Waals surface area contributed by atoms with E-state index in [-0.39, 0.29) is 11.4 Å². The van der Waals surface area contributed by atoms with Crippen molar-refractivity contribution in [3.8, 4) is 0 Å². The molecule has 124 valence electrons. The minimum atomic E-state index is -0.162. The number of carbonyl (C=O) groups is 1. The van der Waals surface area contributed by atoms with Crippen LogP contribution < -0.4 is 5.32 Å². The summed E-state index contributed by atoms with van der Waals surface area (Å²) in [5.74, 6) is 2.19. The first kappa shape index (κ1) is 17.5. The van der Waals surface area contributed by atoms with Crippen LogP contribution in [0.2, 0.25) is 0 Å². The lowest BCUT2D eigenvalue weighted by Gasteiger charge is -2.24. The summed E-state index contributed by atoms with van der Waals surface area (Å²) in [5, 5.41) is 6.99. The van der Waals surface area contributed by atoms with E-state index in [4.69, 9.17) is 4.52 Å². The molecule has 0 spiro atoms. The Hall–Kier alpha value is -1.82. The Morgan fingerprint density at radius 2 is 2.04 bits per heavy atom. The van der Waals surface area contributed by atoms with E-state index >= 15 is 0 Å². The molecule has 2 aromatic rings. The maximum Gasteiger partial charge on any atom is 0.236 e. The van der Waals surface area contributed by atoms with Gasteiger partial charge in [0.25, 0.3) is 0 Å². The van der Waals surface area contributed by atoms with E-state index in [9.17, 15) is 4.79 Å². The summed E-state index contributed by atoms with van der Waals surface area (Å²) in [4.78, 5) is 16.2. The highest BCUT2D eigenvalue weighted by atomic mass is 32.2. The van der Waals surface area contributed by atoms with Gasteiger partial charge in [0.1, 0.15) is 0 Å². The van der Waals surface area contributed by atoms with Crippen molar-refractivity contribution in [1.29, 1.82) is 0 Å². The molecule has 1 heterocycles. The van der Waals surface area contributed by atoms with Crippen LogP contribution in [-0.4, -0.2) is 27.3 Å². The Morgan fingerprint density at radius 1 is 1.30 bits per heavy atom. The van der Waals surface area contributed by atoms with Crippen LogP contribution in [0.1, 0.15) is 44.5 Å². The summed E-state index contributed by atoms with van der Waals surface area (Å²) >= 11 is 1.48. The summed E-state index contributed by atoms with van der Waals surface area (Å²) in [6.07, 6.45) is 1.55. The SMILES string of the molecule is CCC(C)(C)NC(=O)CSCc1nc(Cc2ccccc2)no1. The van der Waals surface area contributed by atoms with Crippen LogP contribution in [0.3, 0.4) is 0 Å². The minimum absolute atomic E-state index is 0.0332. The van der Waals surface area contributed by atoms with E-state index < -0.39 is 0 Å². The molecule has 2 rings (SSSR count). The molecule has 1 aromatic carbocycles. The Bertz CT molecular complexity index is 626. The molecule has 1 aromatic heterocycles. The van der Waals surface area contributed by atoms with Gasteiger partial charge >= 0.3 is 0 Å². The molecule has 0 radical (unpaired) electrons. The molecule has 0 aliphatic rings. The highest BCUT2D eigenvalue weighted by Crippen LogP contribution is 2.13. The molecule has 0 saturated heterocycles. The van der Waals surface area contributed by atoms with Gasteiger partial charge in [-0.2, -0.15) is 4.98 Å². The molecule has 1 N–H and O–H groups in total. The number of hydrogen-bond donors (Lipinski definition) is 1. The summed E-state index contributed by atoms with van der Waals surface area (Å²) in [5.41, 5.74) is 0.985. The van der Waals surface area contributed by atoms with E-state index in [0.717, 1.165) is 12.0 Å². The van der Waals surface area contributed by atoms with Gasteiger partial charge in [0, 0.05) is 12.0 Å². The van der Waals surface area contributed by atoms with Crippen molar-refractivity contribution in [2.45, 2.75) is 44.9 Å². The van der Waals surface area contributed by atoms with Crippen LogP contribution in [0.4, 0.5) is 0 Å². The van der Waals surface area contributed by atoms with Gasteiger partial charge in [-0.3, -0.25) is 4.79 Å². The predicted molar refractivity (Wildman–Crippen MR) is 92.2 cm³/mol. The third-order valence-electron chi connectivity index (χ3n) is 3.54. The third-order valence-corrected chi connectivity index (χ3v) is 4.45. The van der Waals surface area contributed by atoms with Crippen LogP contribution >= 0.6 is 11.8 Å². The van der Waals surface area contributed by atoms with Crippen molar-refractivity contribution in [1.82, 2.24) is 15.5 Å². The smallest absolute Gasteiger partial charge is 0.236 e. The van der Waals surface area contributed by atoms with Crippen molar-refractivity contribution in [3.05, 3.63) is 47.6 Å². The van der Waals surface area contributed by atoms with Gasteiger partial charge in [0.05, 0.1) is 11.5 Å². The number of thioether (sulfide) groups is 1. The van der Waals surface area contributed by atoms with Crippen molar-refractivity contribution in [2.75, 3.05) is 5.75 Å². The average molecular weight is 333 g/mol. The zero-order chi connectivity index (χ0) is 16.7. The molecule has 1 amide bonds. The predicted octanol–water partition coefficient (Wildman–Crippen LogP) is 3.20. The van der Waals surface area contributed by atoms with E-state index in [2.05, 4.69) is 22.4 Å². The van der Waals surface area contributed by atoms with Gasteiger partial charge in [-0.1, -0.05) is 42.4 Å². The largest absolute Gasteiger partial charge is 0.351 e. The molecule has 5 nitrogen and oxygen atoms in total. The normalized spacial score (nSPS) is 11.4. The first-order chi connectivity index (χ1) is 11.0. The van der Waals surface area contributed by atoms with E-state index in [1.807, 2.05) is 44.2 Å². The lowest BCUT2D eigenvalue weighted by atomic mass is 10.0. The molecule has 6 heteroatoms. The standard InChI is InChI=1S/C17H23N3O2S/c1-4-17(2,3)19-15(21)11-23-12-16-18-14(20-22-16)10-13-8-6-5-7-9-13/h5-9H,4,10-12H2,1-3H3,(H,19,21). The molecule has 0 bridgehead atoms. The van der Waals surface area contributed by atoms with Crippen LogP contribution in [0.25, 0.3) is 0 Å². The number of hydrogen-bond acceptors (Lipinski definition) is 5. The zero-order valence-corrected chi connectivity index (χ0v) is 14.7. The summed E-state index contributed by atoms with van der Waals surface area (Å²) in [6, 6.07) is 10.0. The van der Waals surface area contributed by atoms with Crippen molar-refractivity contribution >= 4 is 17.7 Å². The average Bonchev–Trinajstić information content (AvgIpc) is 2.95. The quantitative estimate of drug-likeness (QED) is 0.803. The van der Waals surface area contributed by atoms with Gasteiger partial charge in [-0.25, -0.2) is 0 Å². The maximum absolute atomic E-state index is 11.9. The van der Waals surface area contributed by atoms with Crippen molar-refractivity contribution in [3.63, 3.8) is 0 Å². The number of nitrogens with zero attached hydrogens (tertiary/aromatic N) is 2. The Labute approximate surface area is 141 Å². The van der Waals surface area contributed by atoms with Gasteiger partial charge < -0.3 is 9.84 Å². The van der Waals surface area contributed by atoms with Crippen molar-refractivity contribution in [2.24, 2.45) is 0 Å². The fourth-order valence-electron chi connectivity index (χ4n) is 1.93. The van der Waals surface area contributed by atoms with Crippen LogP contribution in [0.15, 0.2) is 34.9 Å². The second-order valence-electron chi connectivity index (χ2n) is 6.05. The zero-order valence-electron chi connectivity index (χ0n) is 13.8. The second-order valence-corrected chi connectivity index (χ2v) is 7.03. The van der Waals surface area contributed by atoms with Gasteiger partial charge in [-0.05, 0) is 25.8 Å². The molecule has 23 heavy (non-hydrogen) atoms. The van der Waals surface area contributed by atoms with Gasteiger partial charge in [0.15, 0.2) is 5.82 Å². The second kappa shape index (κ2) is 8.15. The lowest BCUT2D eigenvalue weighted by Crippen LogP contribution is -2.43. The lowest BCUT2D eigenvalue weighted by molar-refractivity contribution is -0.120.